The van der Waals surface area contributed by atoms with E-state index in [0.717, 1.165) is 25.8 Å². The van der Waals surface area contributed by atoms with Crippen LogP contribution in [0.25, 0.3) is 0 Å². The molecule has 1 aromatic rings. The van der Waals surface area contributed by atoms with Crippen LogP contribution < -0.4 is 4.74 Å². The van der Waals surface area contributed by atoms with E-state index in [1.807, 2.05) is 4.90 Å². The van der Waals surface area contributed by atoms with E-state index in [-0.39, 0.29) is 17.7 Å². The lowest BCUT2D eigenvalue weighted by Crippen LogP contribution is -2.43. The van der Waals surface area contributed by atoms with E-state index < -0.39 is 5.82 Å². The van der Waals surface area contributed by atoms with Gasteiger partial charge in [-0.2, -0.15) is 0 Å². The molecule has 1 unspecified atom stereocenters. The molecular formula is C15H20FNO2. The molecule has 1 fully saturated rings. The number of likely N-dealkylation sites (tertiary alicyclic amines) is 1. The Morgan fingerprint density at radius 1 is 1.47 bits per heavy atom. The zero-order valence-corrected chi connectivity index (χ0v) is 11.5. The van der Waals surface area contributed by atoms with Crippen molar-refractivity contribution in [3.05, 3.63) is 29.6 Å². The molecule has 1 aliphatic heterocycles. The molecule has 0 spiro atoms. The van der Waals surface area contributed by atoms with Crippen LogP contribution in [0.5, 0.6) is 5.75 Å². The molecule has 0 bridgehead atoms. The van der Waals surface area contributed by atoms with Gasteiger partial charge in [-0.1, -0.05) is 6.92 Å². The minimum Gasteiger partial charge on any atom is -0.494 e. The molecule has 1 atom stereocenters. The highest BCUT2D eigenvalue weighted by Crippen LogP contribution is 2.24. The molecule has 104 valence electrons. The molecule has 1 heterocycles. The highest BCUT2D eigenvalue weighted by molar-refractivity contribution is 5.94. The number of methoxy groups -OCH3 is 1. The van der Waals surface area contributed by atoms with Crippen LogP contribution in [0.4, 0.5) is 4.39 Å². The summed E-state index contributed by atoms with van der Waals surface area (Å²) in [6, 6.07) is 4.69. The number of nitrogens with zero attached hydrogens (tertiary/aromatic N) is 1. The van der Waals surface area contributed by atoms with E-state index in [1.54, 1.807) is 6.07 Å². The summed E-state index contributed by atoms with van der Waals surface area (Å²) in [4.78, 5) is 14.3. The number of carbonyl (C=O) groups is 1. The van der Waals surface area contributed by atoms with Crippen molar-refractivity contribution in [2.24, 2.45) is 0 Å². The first-order valence-corrected chi connectivity index (χ1v) is 6.82. The fourth-order valence-corrected chi connectivity index (χ4v) is 2.66. The number of piperidine rings is 1. The van der Waals surface area contributed by atoms with Gasteiger partial charge in [-0.15, -0.1) is 0 Å². The molecule has 0 aromatic heterocycles. The number of amides is 1. The smallest absolute Gasteiger partial charge is 0.254 e. The van der Waals surface area contributed by atoms with Gasteiger partial charge in [0, 0.05) is 18.2 Å². The van der Waals surface area contributed by atoms with Crippen molar-refractivity contribution in [1.29, 1.82) is 0 Å². The zero-order chi connectivity index (χ0) is 13.8. The van der Waals surface area contributed by atoms with Gasteiger partial charge in [0.25, 0.3) is 5.91 Å². The third kappa shape index (κ3) is 2.88. The third-order valence-electron chi connectivity index (χ3n) is 3.76. The van der Waals surface area contributed by atoms with Crippen molar-refractivity contribution in [1.82, 2.24) is 4.90 Å². The minimum absolute atomic E-state index is 0.0758. The number of hydrogen-bond donors (Lipinski definition) is 0. The van der Waals surface area contributed by atoms with Gasteiger partial charge in [0.05, 0.1) is 7.11 Å². The number of benzene rings is 1. The Kier molecular flexibility index (Phi) is 4.40. The summed E-state index contributed by atoms with van der Waals surface area (Å²) in [5.41, 5.74) is 0.402. The Balaban J connectivity index is 2.20. The molecule has 1 aromatic carbocycles. The molecule has 0 aliphatic carbocycles. The molecule has 4 heteroatoms. The molecular weight excluding hydrogens is 245 g/mol. The summed E-state index contributed by atoms with van der Waals surface area (Å²) >= 11 is 0. The Morgan fingerprint density at radius 3 is 2.89 bits per heavy atom. The lowest BCUT2D eigenvalue weighted by Gasteiger charge is -2.35. The SMILES string of the molecule is CCC1CCCCN1C(=O)c1ccc(OC)c(F)c1. The second kappa shape index (κ2) is 6.04. The van der Waals surface area contributed by atoms with Crippen molar-refractivity contribution in [3.63, 3.8) is 0 Å². The van der Waals surface area contributed by atoms with Crippen LogP contribution in [0.2, 0.25) is 0 Å². The molecule has 1 saturated heterocycles. The first kappa shape index (κ1) is 13.8. The van der Waals surface area contributed by atoms with Crippen LogP contribution in [-0.4, -0.2) is 30.5 Å². The summed E-state index contributed by atoms with van der Waals surface area (Å²) in [7, 11) is 1.41. The van der Waals surface area contributed by atoms with Crippen molar-refractivity contribution >= 4 is 5.91 Å². The van der Waals surface area contributed by atoms with Gasteiger partial charge in [-0.05, 0) is 43.9 Å². The molecule has 2 rings (SSSR count). The summed E-state index contributed by atoms with van der Waals surface area (Å²) in [6.07, 6.45) is 4.19. The van der Waals surface area contributed by atoms with Gasteiger partial charge in [0.15, 0.2) is 11.6 Å². The standard InChI is InChI=1S/C15H20FNO2/c1-3-12-6-4-5-9-17(12)15(18)11-7-8-14(19-2)13(16)10-11/h7-8,10,12H,3-6,9H2,1-2H3. The number of ether oxygens (including phenoxy) is 1. The number of halogens is 1. The van der Waals surface area contributed by atoms with E-state index in [9.17, 15) is 9.18 Å². The van der Waals surface area contributed by atoms with E-state index in [1.165, 1.54) is 25.7 Å². The van der Waals surface area contributed by atoms with Crippen molar-refractivity contribution in [2.45, 2.75) is 38.6 Å². The van der Waals surface area contributed by atoms with Gasteiger partial charge < -0.3 is 9.64 Å². The summed E-state index contributed by atoms with van der Waals surface area (Å²) < 4.78 is 18.5. The second-order valence-corrected chi connectivity index (χ2v) is 4.91. The Hall–Kier alpha value is -1.58. The Morgan fingerprint density at radius 2 is 2.26 bits per heavy atom. The molecule has 19 heavy (non-hydrogen) atoms. The van der Waals surface area contributed by atoms with Crippen molar-refractivity contribution in [2.75, 3.05) is 13.7 Å². The predicted molar refractivity (Wildman–Crippen MR) is 71.9 cm³/mol. The van der Waals surface area contributed by atoms with Crippen LogP contribution >= 0.6 is 0 Å². The molecule has 1 aliphatic rings. The zero-order valence-electron chi connectivity index (χ0n) is 11.5. The quantitative estimate of drug-likeness (QED) is 0.839. The van der Waals surface area contributed by atoms with Crippen LogP contribution in [0.15, 0.2) is 18.2 Å². The lowest BCUT2D eigenvalue weighted by atomic mass is 9.99. The molecule has 3 nitrogen and oxygen atoms in total. The predicted octanol–water partition coefficient (Wildman–Crippen LogP) is 3.24. The molecule has 0 radical (unpaired) electrons. The lowest BCUT2D eigenvalue weighted by molar-refractivity contribution is 0.0607. The van der Waals surface area contributed by atoms with Gasteiger partial charge in [-0.25, -0.2) is 4.39 Å². The van der Waals surface area contributed by atoms with E-state index in [4.69, 9.17) is 4.74 Å². The van der Waals surface area contributed by atoms with E-state index >= 15 is 0 Å². The highest BCUT2D eigenvalue weighted by Gasteiger charge is 2.26. The van der Waals surface area contributed by atoms with Gasteiger partial charge >= 0.3 is 0 Å². The maximum absolute atomic E-state index is 13.7. The van der Waals surface area contributed by atoms with E-state index in [0.29, 0.717) is 5.56 Å². The fourth-order valence-electron chi connectivity index (χ4n) is 2.66. The largest absolute Gasteiger partial charge is 0.494 e. The highest BCUT2D eigenvalue weighted by atomic mass is 19.1. The van der Waals surface area contributed by atoms with Gasteiger partial charge in [0.2, 0.25) is 0 Å². The molecule has 0 saturated carbocycles. The Labute approximate surface area is 113 Å². The van der Waals surface area contributed by atoms with Gasteiger partial charge in [0.1, 0.15) is 0 Å². The summed E-state index contributed by atoms with van der Waals surface area (Å²) in [5, 5.41) is 0. The maximum atomic E-state index is 13.7. The average Bonchev–Trinajstić information content (AvgIpc) is 2.46. The monoisotopic (exact) mass is 265 g/mol. The summed E-state index contributed by atoms with van der Waals surface area (Å²) in [6.45, 7) is 2.86. The normalized spacial score (nSPS) is 19.3. The van der Waals surface area contributed by atoms with Crippen LogP contribution in [-0.2, 0) is 0 Å². The third-order valence-corrected chi connectivity index (χ3v) is 3.76. The van der Waals surface area contributed by atoms with Crippen LogP contribution in [0.3, 0.4) is 0 Å². The fraction of sp³-hybridized carbons (Fsp3) is 0.533. The number of rotatable bonds is 3. The Bertz CT molecular complexity index is 461. The number of hydrogen-bond acceptors (Lipinski definition) is 2. The second-order valence-electron chi connectivity index (χ2n) is 4.91. The topological polar surface area (TPSA) is 29.5 Å². The summed E-state index contributed by atoms with van der Waals surface area (Å²) in [5.74, 6) is -0.395. The maximum Gasteiger partial charge on any atom is 0.254 e. The minimum atomic E-state index is -0.488. The van der Waals surface area contributed by atoms with Gasteiger partial charge in [-0.3, -0.25) is 4.79 Å². The van der Waals surface area contributed by atoms with Crippen molar-refractivity contribution < 1.29 is 13.9 Å². The van der Waals surface area contributed by atoms with Crippen LogP contribution in [0, 0.1) is 5.82 Å². The van der Waals surface area contributed by atoms with Crippen LogP contribution in [0.1, 0.15) is 43.0 Å². The first-order chi connectivity index (χ1) is 9.17. The number of carbonyl (C=O) groups excluding carboxylic acids is 1. The first-order valence-electron chi connectivity index (χ1n) is 6.82. The average molecular weight is 265 g/mol. The molecule has 1 amide bonds. The van der Waals surface area contributed by atoms with E-state index in [2.05, 4.69) is 6.92 Å². The van der Waals surface area contributed by atoms with Crippen molar-refractivity contribution in [3.8, 4) is 5.75 Å². The molecule has 0 N–H and O–H groups in total.